The Morgan fingerprint density at radius 2 is 0.490 bits per heavy atom. The van der Waals surface area contributed by atoms with Gasteiger partial charge in [-0.15, -0.1) is 0 Å². The molecular formula is C48H34GeN2. The third-order valence-corrected chi connectivity index (χ3v) is 20.8. The topological polar surface area (TPSA) is 9.86 Å². The summed E-state index contributed by atoms with van der Waals surface area (Å²) in [6.07, 6.45) is 0. The molecule has 0 saturated heterocycles. The first-order valence-corrected chi connectivity index (χ1v) is 21.8. The van der Waals surface area contributed by atoms with E-state index in [4.69, 9.17) is 0 Å². The number of benzene rings is 8. The first-order chi connectivity index (χ1) is 25.3. The Bertz CT molecular complexity index is 2520. The SMILES string of the molecule is c1cc[c]([Ge]([c]2ccccc2)([c]2ccc(-n3c4ccccc4c4ccccc43)cc2)[c]2ccc(-n3c4ccccc4c4ccccc43)cc2)cc1. The molecule has 8 aromatic carbocycles. The fraction of sp³-hybridized carbons (Fsp3) is 0. The van der Waals surface area contributed by atoms with Crippen LogP contribution >= 0.6 is 0 Å². The van der Waals surface area contributed by atoms with Crippen molar-refractivity contribution in [1.82, 2.24) is 9.13 Å². The maximum absolute atomic E-state index is 3.52. The molecule has 0 unspecified atom stereocenters. The Kier molecular flexibility index (Phi) is 7.04. The predicted octanol–water partition coefficient (Wildman–Crippen LogP) is 9.26. The zero-order valence-electron chi connectivity index (χ0n) is 28.0. The van der Waals surface area contributed by atoms with Gasteiger partial charge in [0.2, 0.25) is 0 Å². The van der Waals surface area contributed by atoms with Crippen molar-refractivity contribution in [3.8, 4) is 11.4 Å². The number of rotatable bonds is 6. The molecule has 0 N–H and O–H groups in total. The van der Waals surface area contributed by atoms with Crippen molar-refractivity contribution in [1.29, 1.82) is 0 Å². The minimum absolute atomic E-state index is 1.18. The van der Waals surface area contributed by atoms with Crippen LogP contribution in [-0.4, -0.2) is 22.4 Å². The summed E-state index contributed by atoms with van der Waals surface area (Å²) < 4.78 is 10.5. The van der Waals surface area contributed by atoms with Crippen molar-refractivity contribution in [3.63, 3.8) is 0 Å². The van der Waals surface area contributed by atoms with Crippen LogP contribution in [0.25, 0.3) is 55.0 Å². The molecule has 2 aromatic heterocycles. The van der Waals surface area contributed by atoms with Crippen LogP contribution < -0.4 is 17.6 Å². The fourth-order valence-electron chi connectivity index (χ4n) is 8.50. The zero-order valence-corrected chi connectivity index (χ0v) is 30.1. The molecule has 0 atom stereocenters. The van der Waals surface area contributed by atoms with Gasteiger partial charge in [-0.25, -0.2) is 0 Å². The van der Waals surface area contributed by atoms with Crippen molar-refractivity contribution in [2.45, 2.75) is 0 Å². The summed E-state index contributed by atoms with van der Waals surface area (Å²) in [6, 6.07) is 76.5. The van der Waals surface area contributed by atoms with E-state index in [-0.39, 0.29) is 0 Å². The molecule has 0 aliphatic heterocycles. The Morgan fingerprint density at radius 1 is 0.235 bits per heavy atom. The second-order valence-corrected chi connectivity index (χ2v) is 21.3. The van der Waals surface area contributed by atoms with E-state index in [0.717, 1.165) is 0 Å². The van der Waals surface area contributed by atoms with Gasteiger partial charge in [-0.05, 0) is 0 Å². The van der Waals surface area contributed by atoms with Crippen molar-refractivity contribution in [2.75, 3.05) is 0 Å². The number of aromatic nitrogens is 2. The van der Waals surface area contributed by atoms with E-state index in [2.05, 4.69) is 215 Å². The maximum atomic E-state index is 2.42. The van der Waals surface area contributed by atoms with Gasteiger partial charge in [0.1, 0.15) is 0 Å². The second-order valence-electron chi connectivity index (χ2n) is 13.3. The van der Waals surface area contributed by atoms with E-state index < -0.39 is 13.3 Å². The second kappa shape index (κ2) is 12.0. The number of hydrogen-bond acceptors (Lipinski definition) is 0. The molecule has 0 fully saturated rings. The van der Waals surface area contributed by atoms with Gasteiger partial charge in [0.15, 0.2) is 0 Å². The van der Waals surface area contributed by atoms with E-state index >= 15 is 0 Å². The molecule has 51 heavy (non-hydrogen) atoms. The van der Waals surface area contributed by atoms with Crippen LogP contribution in [0.1, 0.15) is 0 Å². The van der Waals surface area contributed by atoms with Crippen LogP contribution in [0.4, 0.5) is 0 Å². The van der Waals surface area contributed by atoms with E-state index in [1.165, 1.54) is 72.6 Å². The number of para-hydroxylation sites is 4. The minimum atomic E-state index is -3.52. The Morgan fingerprint density at radius 3 is 0.804 bits per heavy atom. The molecule has 10 aromatic rings. The average molecular weight is 711 g/mol. The molecule has 0 bridgehead atoms. The molecule has 10 rings (SSSR count). The third-order valence-electron chi connectivity index (χ3n) is 10.7. The molecule has 0 aliphatic carbocycles. The van der Waals surface area contributed by atoms with Gasteiger partial charge >= 0.3 is 301 Å². The molecule has 2 nitrogen and oxygen atoms in total. The third kappa shape index (κ3) is 4.57. The van der Waals surface area contributed by atoms with E-state index in [1.54, 1.807) is 0 Å². The molecule has 0 saturated carbocycles. The Labute approximate surface area is 299 Å². The summed E-state index contributed by atoms with van der Waals surface area (Å²) in [5.41, 5.74) is 7.26. The van der Waals surface area contributed by atoms with Crippen molar-refractivity contribution >= 4 is 74.5 Å². The Balaban J connectivity index is 1.19. The fourth-order valence-corrected chi connectivity index (χ4v) is 18.4. The monoisotopic (exact) mass is 712 g/mol. The quantitative estimate of drug-likeness (QED) is 0.152. The number of nitrogens with zero attached hydrogens (tertiary/aromatic N) is 2. The molecule has 240 valence electrons. The molecule has 3 heteroatoms. The summed E-state index contributed by atoms with van der Waals surface area (Å²) in [5.74, 6) is 0. The van der Waals surface area contributed by atoms with Crippen LogP contribution in [0.15, 0.2) is 206 Å². The summed E-state index contributed by atoms with van der Waals surface area (Å²) in [5, 5.41) is 5.12. The molecule has 0 spiro atoms. The summed E-state index contributed by atoms with van der Waals surface area (Å²) in [7, 11) is 0. The van der Waals surface area contributed by atoms with Gasteiger partial charge in [-0.2, -0.15) is 0 Å². The molecule has 2 heterocycles. The van der Waals surface area contributed by atoms with Crippen LogP contribution in [0, 0.1) is 0 Å². The number of hydrogen-bond donors (Lipinski definition) is 0. The number of fused-ring (bicyclic) bond motifs is 6. The summed E-state index contributed by atoms with van der Waals surface area (Å²) in [4.78, 5) is 0. The molecule has 0 radical (unpaired) electrons. The van der Waals surface area contributed by atoms with E-state index in [0.29, 0.717) is 0 Å². The van der Waals surface area contributed by atoms with Gasteiger partial charge in [0, 0.05) is 0 Å². The van der Waals surface area contributed by atoms with Crippen molar-refractivity contribution in [2.24, 2.45) is 0 Å². The molecule has 0 amide bonds. The van der Waals surface area contributed by atoms with E-state index in [9.17, 15) is 0 Å². The first kappa shape index (κ1) is 29.8. The molecular weight excluding hydrogens is 677 g/mol. The van der Waals surface area contributed by atoms with Crippen LogP contribution in [0.5, 0.6) is 0 Å². The van der Waals surface area contributed by atoms with Crippen molar-refractivity contribution < 1.29 is 0 Å². The van der Waals surface area contributed by atoms with E-state index in [1.807, 2.05) is 0 Å². The van der Waals surface area contributed by atoms with Crippen LogP contribution in [0.3, 0.4) is 0 Å². The average Bonchev–Trinajstić information content (AvgIpc) is 3.73. The summed E-state index contributed by atoms with van der Waals surface area (Å²) >= 11 is -3.52. The van der Waals surface area contributed by atoms with Gasteiger partial charge in [0.05, 0.1) is 0 Å². The van der Waals surface area contributed by atoms with Gasteiger partial charge in [-0.3, -0.25) is 0 Å². The normalized spacial score (nSPS) is 11.9. The van der Waals surface area contributed by atoms with Crippen LogP contribution in [0.2, 0.25) is 0 Å². The van der Waals surface area contributed by atoms with Gasteiger partial charge in [0.25, 0.3) is 0 Å². The summed E-state index contributed by atoms with van der Waals surface area (Å²) in [6.45, 7) is 0. The van der Waals surface area contributed by atoms with Gasteiger partial charge in [-0.1, -0.05) is 0 Å². The molecule has 0 aliphatic rings. The van der Waals surface area contributed by atoms with Crippen LogP contribution in [-0.2, 0) is 0 Å². The first-order valence-electron chi connectivity index (χ1n) is 17.6. The Hall–Kier alpha value is -6.10. The zero-order chi connectivity index (χ0) is 33.8. The standard InChI is InChI=1S/C48H34GeN2/c1-3-15-35(16-4-1)49(36-17-5-2-6-18-36,37-27-31-39(32-28-37)50-45-23-11-7-19-41(45)42-20-8-12-24-46(42)50)38-29-33-40(34-30-38)51-47-25-13-9-21-43(47)44-22-10-14-26-48(44)51/h1-34H. The van der Waals surface area contributed by atoms with Gasteiger partial charge < -0.3 is 0 Å². The van der Waals surface area contributed by atoms with Crippen molar-refractivity contribution in [3.05, 3.63) is 206 Å². The predicted molar refractivity (Wildman–Crippen MR) is 219 cm³/mol.